The van der Waals surface area contributed by atoms with Crippen molar-refractivity contribution in [2.24, 2.45) is 11.7 Å². The highest BCUT2D eigenvalue weighted by Gasteiger charge is 2.22. The fourth-order valence-electron chi connectivity index (χ4n) is 2.88. The Kier molecular flexibility index (Phi) is 4.50. The van der Waals surface area contributed by atoms with Crippen molar-refractivity contribution < 1.29 is 0 Å². The summed E-state index contributed by atoms with van der Waals surface area (Å²) in [7, 11) is 0. The van der Waals surface area contributed by atoms with Crippen molar-refractivity contribution in [2.75, 3.05) is 0 Å². The van der Waals surface area contributed by atoms with Crippen LogP contribution in [0.15, 0.2) is 11.0 Å². The van der Waals surface area contributed by atoms with Crippen LogP contribution in [0.5, 0.6) is 0 Å². The van der Waals surface area contributed by atoms with Crippen LogP contribution in [0, 0.1) is 25.2 Å². The van der Waals surface area contributed by atoms with E-state index in [1.165, 1.54) is 25.7 Å². The maximum Gasteiger partial charge on any atom is 0.125 e. The molecule has 2 unspecified atom stereocenters. The standard InChI is InChI=1S/C15H23N3S/c1-9-5-4-6-12(7-9)19-13-8-10(2)18-11(3)14(13)15(16)17/h8-9,12H,4-7H2,1-3H3,(H3,16,17). The highest BCUT2D eigenvalue weighted by Crippen LogP contribution is 2.38. The van der Waals surface area contributed by atoms with Gasteiger partial charge in [0.05, 0.1) is 5.56 Å². The first kappa shape index (κ1) is 14.4. The molecule has 1 fully saturated rings. The van der Waals surface area contributed by atoms with Crippen LogP contribution in [0.1, 0.15) is 49.6 Å². The lowest BCUT2D eigenvalue weighted by molar-refractivity contribution is 0.394. The van der Waals surface area contributed by atoms with Crippen LogP contribution >= 0.6 is 11.8 Å². The summed E-state index contributed by atoms with van der Waals surface area (Å²) in [5.41, 5.74) is 8.44. The molecular formula is C15H23N3S. The molecule has 0 radical (unpaired) electrons. The number of pyridine rings is 1. The van der Waals surface area contributed by atoms with Gasteiger partial charge >= 0.3 is 0 Å². The van der Waals surface area contributed by atoms with E-state index >= 15 is 0 Å². The summed E-state index contributed by atoms with van der Waals surface area (Å²) in [6, 6.07) is 2.08. The third-order valence-corrected chi connectivity index (χ3v) is 5.08. The number of aryl methyl sites for hydroxylation is 2. The topological polar surface area (TPSA) is 62.8 Å². The molecule has 104 valence electrons. The number of rotatable bonds is 3. The van der Waals surface area contributed by atoms with Crippen molar-refractivity contribution in [3.8, 4) is 0 Å². The van der Waals surface area contributed by atoms with Gasteiger partial charge < -0.3 is 5.73 Å². The average Bonchev–Trinajstić information content (AvgIpc) is 2.26. The molecule has 0 spiro atoms. The fourth-order valence-corrected chi connectivity index (χ4v) is 4.56. The lowest BCUT2D eigenvalue weighted by Gasteiger charge is -2.27. The third-order valence-electron chi connectivity index (χ3n) is 3.74. The smallest absolute Gasteiger partial charge is 0.125 e. The molecule has 1 aromatic rings. The van der Waals surface area contributed by atoms with Crippen LogP contribution in [0.3, 0.4) is 0 Å². The number of amidine groups is 1. The molecule has 1 aromatic heterocycles. The van der Waals surface area contributed by atoms with Gasteiger partial charge in [0, 0.05) is 21.5 Å². The van der Waals surface area contributed by atoms with Gasteiger partial charge in [-0.05, 0) is 38.7 Å². The molecule has 2 rings (SSSR count). The van der Waals surface area contributed by atoms with Gasteiger partial charge in [0.25, 0.3) is 0 Å². The van der Waals surface area contributed by atoms with E-state index in [0.29, 0.717) is 5.25 Å². The summed E-state index contributed by atoms with van der Waals surface area (Å²) in [6.07, 6.45) is 5.21. The van der Waals surface area contributed by atoms with E-state index in [9.17, 15) is 0 Å². The molecule has 0 aliphatic heterocycles. The van der Waals surface area contributed by atoms with Gasteiger partial charge in [0.1, 0.15) is 5.84 Å². The van der Waals surface area contributed by atoms with Crippen molar-refractivity contribution in [1.82, 2.24) is 4.98 Å². The SMILES string of the molecule is Cc1cc(SC2CCCC(C)C2)c(C(=N)N)c(C)n1. The summed E-state index contributed by atoms with van der Waals surface area (Å²) in [5.74, 6) is 0.951. The number of aromatic nitrogens is 1. The van der Waals surface area contributed by atoms with Crippen LogP contribution in [-0.2, 0) is 0 Å². The zero-order chi connectivity index (χ0) is 14.0. The second-order valence-electron chi connectivity index (χ2n) is 5.65. The summed E-state index contributed by atoms with van der Waals surface area (Å²) in [6.45, 7) is 6.28. The summed E-state index contributed by atoms with van der Waals surface area (Å²) < 4.78 is 0. The number of thioether (sulfide) groups is 1. The largest absolute Gasteiger partial charge is 0.384 e. The Morgan fingerprint density at radius 1 is 1.42 bits per heavy atom. The van der Waals surface area contributed by atoms with E-state index in [1.807, 2.05) is 25.6 Å². The first-order valence-electron chi connectivity index (χ1n) is 6.96. The number of hydrogen-bond donors (Lipinski definition) is 2. The van der Waals surface area contributed by atoms with E-state index in [-0.39, 0.29) is 5.84 Å². The van der Waals surface area contributed by atoms with Gasteiger partial charge in [-0.2, -0.15) is 0 Å². The monoisotopic (exact) mass is 277 g/mol. The second kappa shape index (κ2) is 5.95. The minimum atomic E-state index is 0.136. The molecule has 1 saturated carbocycles. The lowest BCUT2D eigenvalue weighted by atomic mass is 9.91. The molecule has 0 amide bonds. The Hall–Kier alpha value is -1.03. The quantitative estimate of drug-likeness (QED) is 0.654. The van der Waals surface area contributed by atoms with Crippen molar-refractivity contribution >= 4 is 17.6 Å². The zero-order valence-electron chi connectivity index (χ0n) is 12.0. The molecule has 2 atom stereocenters. The lowest BCUT2D eigenvalue weighted by Crippen LogP contribution is -2.18. The minimum absolute atomic E-state index is 0.136. The first-order valence-corrected chi connectivity index (χ1v) is 7.84. The van der Waals surface area contributed by atoms with Crippen molar-refractivity contribution in [1.29, 1.82) is 5.41 Å². The van der Waals surface area contributed by atoms with Crippen LogP contribution in [0.25, 0.3) is 0 Å². The normalized spacial score (nSPS) is 23.3. The molecule has 1 aliphatic carbocycles. The number of hydrogen-bond acceptors (Lipinski definition) is 3. The molecule has 4 heteroatoms. The maximum absolute atomic E-state index is 7.77. The molecule has 0 saturated heterocycles. The average molecular weight is 277 g/mol. The van der Waals surface area contributed by atoms with Gasteiger partial charge in [-0.15, -0.1) is 11.8 Å². The van der Waals surface area contributed by atoms with Gasteiger partial charge in [-0.3, -0.25) is 10.4 Å². The summed E-state index contributed by atoms with van der Waals surface area (Å²) in [4.78, 5) is 5.57. The van der Waals surface area contributed by atoms with Gasteiger partial charge in [0.2, 0.25) is 0 Å². The Balaban J connectivity index is 2.25. The highest BCUT2D eigenvalue weighted by atomic mass is 32.2. The predicted octanol–water partition coefficient (Wildman–Crippen LogP) is 3.65. The van der Waals surface area contributed by atoms with E-state index in [1.54, 1.807) is 0 Å². The molecule has 1 heterocycles. The van der Waals surface area contributed by atoms with Crippen LogP contribution in [0.2, 0.25) is 0 Å². The van der Waals surface area contributed by atoms with Crippen molar-refractivity contribution in [3.05, 3.63) is 23.0 Å². The second-order valence-corrected chi connectivity index (χ2v) is 6.99. The van der Waals surface area contributed by atoms with Gasteiger partial charge in [-0.25, -0.2) is 0 Å². The van der Waals surface area contributed by atoms with Crippen LogP contribution < -0.4 is 5.73 Å². The number of nitrogen functional groups attached to an aromatic ring is 1. The third kappa shape index (κ3) is 3.50. The molecule has 0 bridgehead atoms. The summed E-state index contributed by atoms with van der Waals surface area (Å²) in [5, 5.41) is 8.42. The van der Waals surface area contributed by atoms with Crippen molar-refractivity contribution in [2.45, 2.75) is 56.6 Å². The van der Waals surface area contributed by atoms with E-state index in [0.717, 1.165) is 27.8 Å². The van der Waals surface area contributed by atoms with E-state index in [4.69, 9.17) is 11.1 Å². The predicted molar refractivity (Wildman–Crippen MR) is 82.0 cm³/mol. The zero-order valence-corrected chi connectivity index (χ0v) is 12.8. The molecule has 3 N–H and O–H groups in total. The van der Waals surface area contributed by atoms with E-state index in [2.05, 4.69) is 18.0 Å². The molecule has 1 aliphatic rings. The minimum Gasteiger partial charge on any atom is -0.384 e. The number of nitrogens with one attached hydrogen (secondary N) is 1. The Labute approximate surface area is 119 Å². The number of nitrogens with two attached hydrogens (primary N) is 1. The number of nitrogens with zero attached hydrogens (tertiary/aromatic N) is 1. The van der Waals surface area contributed by atoms with Crippen molar-refractivity contribution in [3.63, 3.8) is 0 Å². The molecule has 19 heavy (non-hydrogen) atoms. The maximum atomic E-state index is 7.77. The summed E-state index contributed by atoms with van der Waals surface area (Å²) >= 11 is 1.89. The van der Waals surface area contributed by atoms with Gasteiger partial charge in [0.15, 0.2) is 0 Å². The Morgan fingerprint density at radius 3 is 2.79 bits per heavy atom. The fraction of sp³-hybridized carbons (Fsp3) is 0.600. The molecule has 3 nitrogen and oxygen atoms in total. The first-order chi connectivity index (χ1) is 8.97. The Bertz CT molecular complexity index is 485. The van der Waals surface area contributed by atoms with Gasteiger partial charge in [-0.1, -0.05) is 19.8 Å². The highest BCUT2D eigenvalue weighted by molar-refractivity contribution is 8.00. The molecular weight excluding hydrogens is 254 g/mol. The molecule has 0 aromatic carbocycles. The van der Waals surface area contributed by atoms with E-state index < -0.39 is 0 Å². The van der Waals surface area contributed by atoms with Crippen LogP contribution in [-0.4, -0.2) is 16.1 Å². The Morgan fingerprint density at radius 2 is 2.16 bits per heavy atom. The van der Waals surface area contributed by atoms with Crippen LogP contribution in [0.4, 0.5) is 0 Å².